The monoisotopic (exact) mass is 270 g/mol. The molecule has 0 fully saturated rings. The molecule has 2 aromatic rings. The lowest BCUT2D eigenvalue weighted by Crippen LogP contribution is -2.46. The van der Waals surface area contributed by atoms with Gasteiger partial charge < -0.3 is 0 Å². The normalized spacial score (nSPS) is 11.1. The molecule has 0 radical (unpaired) electrons. The summed E-state index contributed by atoms with van der Waals surface area (Å²) < 4.78 is 0. The van der Waals surface area contributed by atoms with Gasteiger partial charge in [0.25, 0.3) is 0 Å². The molecule has 0 saturated carbocycles. The van der Waals surface area contributed by atoms with Crippen LogP contribution >= 0.6 is 0 Å². The summed E-state index contributed by atoms with van der Waals surface area (Å²) in [7, 11) is 0. The Morgan fingerprint density at radius 1 is 1.05 bits per heavy atom. The van der Waals surface area contributed by atoms with Crippen molar-refractivity contribution in [3.63, 3.8) is 0 Å². The van der Waals surface area contributed by atoms with Gasteiger partial charge >= 0.3 is 0 Å². The minimum atomic E-state index is 0.0492. The second kappa shape index (κ2) is 6.06. The number of benzene rings is 2. The highest BCUT2D eigenvalue weighted by Gasteiger charge is 2.21. The Labute approximate surface area is 120 Å². The maximum Gasteiger partial charge on any atom is 0.238 e. The average Bonchev–Trinajstić information content (AvgIpc) is 2.45. The third kappa shape index (κ3) is 2.54. The smallest absolute Gasteiger partial charge is 0.238 e. The molecule has 0 aliphatic carbocycles. The first-order valence-electron chi connectivity index (χ1n) is 7.14. The highest BCUT2D eigenvalue weighted by Crippen LogP contribution is 2.31. The van der Waals surface area contributed by atoms with Gasteiger partial charge in [0, 0.05) is 25.4 Å². The standard InChI is InChI=1S/C17H22N2O/c1-5-18(6-2)19(14(4)20)17-13(3)11-12-15-9-7-8-10-16(15)17/h7-12H,5-6H2,1-4H3. The minimum Gasteiger partial charge on any atom is -0.273 e. The molecule has 0 heterocycles. The number of nitrogens with zero attached hydrogens (tertiary/aromatic N) is 2. The number of hydrogen-bond donors (Lipinski definition) is 0. The van der Waals surface area contributed by atoms with Crippen molar-refractivity contribution < 1.29 is 4.79 Å². The topological polar surface area (TPSA) is 23.6 Å². The van der Waals surface area contributed by atoms with E-state index in [1.54, 1.807) is 6.92 Å². The summed E-state index contributed by atoms with van der Waals surface area (Å²) in [4.78, 5) is 12.2. The van der Waals surface area contributed by atoms with Gasteiger partial charge in [0.15, 0.2) is 0 Å². The molecule has 0 saturated heterocycles. The Bertz CT molecular complexity index is 617. The number of carbonyl (C=O) groups is 1. The number of rotatable bonds is 4. The van der Waals surface area contributed by atoms with Crippen molar-refractivity contribution in [3.05, 3.63) is 42.0 Å². The molecule has 0 N–H and O–H groups in total. The van der Waals surface area contributed by atoms with Gasteiger partial charge in [-0.2, -0.15) is 0 Å². The molecule has 106 valence electrons. The third-order valence-corrected chi connectivity index (χ3v) is 3.63. The van der Waals surface area contributed by atoms with Crippen LogP contribution in [0.4, 0.5) is 5.69 Å². The second-order valence-corrected chi connectivity index (χ2v) is 4.92. The Morgan fingerprint density at radius 2 is 1.70 bits per heavy atom. The SMILES string of the molecule is CCN(CC)N(C(C)=O)c1c(C)ccc2ccccc12. The Morgan fingerprint density at radius 3 is 2.30 bits per heavy atom. The van der Waals surface area contributed by atoms with Crippen molar-refractivity contribution in [1.82, 2.24) is 5.01 Å². The van der Waals surface area contributed by atoms with E-state index in [4.69, 9.17) is 0 Å². The van der Waals surface area contributed by atoms with E-state index in [0.29, 0.717) is 0 Å². The highest BCUT2D eigenvalue weighted by molar-refractivity contribution is 6.03. The lowest BCUT2D eigenvalue weighted by Gasteiger charge is -2.34. The van der Waals surface area contributed by atoms with Gasteiger partial charge in [-0.15, -0.1) is 0 Å². The van der Waals surface area contributed by atoms with Crippen molar-refractivity contribution in [2.24, 2.45) is 0 Å². The maximum absolute atomic E-state index is 12.2. The van der Waals surface area contributed by atoms with Crippen LogP contribution in [0.5, 0.6) is 0 Å². The zero-order valence-corrected chi connectivity index (χ0v) is 12.7. The Kier molecular flexibility index (Phi) is 4.40. The van der Waals surface area contributed by atoms with Crippen molar-refractivity contribution in [3.8, 4) is 0 Å². The van der Waals surface area contributed by atoms with Crippen molar-refractivity contribution >= 4 is 22.4 Å². The summed E-state index contributed by atoms with van der Waals surface area (Å²) in [6.45, 7) is 9.43. The van der Waals surface area contributed by atoms with E-state index >= 15 is 0 Å². The minimum absolute atomic E-state index is 0.0492. The quantitative estimate of drug-likeness (QED) is 0.790. The van der Waals surface area contributed by atoms with Crippen LogP contribution in [0.1, 0.15) is 26.3 Å². The number of hydrogen-bond acceptors (Lipinski definition) is 2. The zero-order valence-electron chi connectivity index (χ0n) is 12.7. The number of anilines is 1. The van der Waals surface area contributed by atoms with E-state index < -0.39 is 0 Å². The van der Waals surface area contributed by atoms with Crippen LogP contribution in [0, 0.1) is 6.92 Å². The van der Waals surface area contributed by atoms with Crippen LogP contribution in [0.25, 0.3) is 10.8 Å². The molecule has 0 unspecified atom stereocenters. The summed E-state index contributed by atoms with van der Waals surface area (Å²) >= 11 is 0. The fourth-order valence-corrected chi connectivity index (χ4v) is 2.65. The fraction of sp³-hybridized carbons (Fsp3) is 0.353. The molecule has 2 aromatic carbocycles. The average molecular weight is 270 g/mol. The van der Waals surface area contributed by atoms with E-state index in [1.165, 1.54) is 0 Å². The van der Waals surface area contributed by atoms with Crippen LogP contribution in [0.2, 0.25) is 0 Å². The van der Waals surface area contributed by atoms with E-state index in [1.807, 2.05) is 17.1 Å². The Balaban J connectivity index is 2.69. The van der Waals surface area contributed by atoms with E-state index in [0.717, 1.165) is 35.1 Å². The molecule has 1 amide bonds. The van der Waals surface area contributed by atoms with E-state index in [9.17, 15) is 4.79 Å². The molecule has 3 heteroatoms. The summed E-state index contributed by atoms with van der Waals surface area (Å²) in [5, 5.41) is 6.16. The zero-order chi connectivity index (χ0) is 14.7. The molecular weight excluding hydrogens is 248 g/mol. The lowest BCUT2D eigenvalue weighted by molar-refractivity contribution is -0.119. The van der Waals surface area contributed by atoms with Crippen LogP contribution in [0.15, 0.2) is 36.4 Å². The molecule has 3 nitrogen and oxygen atoms in total. The molecule has 0 bridgehead atoms. The highest BCUT2D eigenvalue weighted by atomic mass is 16.2. The summed E-state index contributed by atoms with van der Waals surface area (Å²) in [5.74, 6) is 0.0492. The first-order valence-corrected chi connectivity index (χ1v) is 7.14. The molecule has 0 aliphatic heterocycles. The van der Waals surface area contributed by atoms with Gasteiger partial charge in [0.05, 0.1) is 5.69 Å². The molecule has 0 aliphatic rings. The van der Waals surface area contributed by atoms with Gasteiger partial charge in [0.1, 0.15) is 0 Å². The first kappa shape index (κ1) is 14.5. The van der Waals surface area contributed by atoms with Crippen LogP contribution in [0.3, 0.4) is 0 Å². The maximum atomic E-state index is 12.2. The van der Waals surface area contributed by atoms with E-state index in [2.05, 4.69) is 50.0 Å². The number of carbonyl (C=O) groups excluding carboxylic acids is 1. The molecule has 2 rings (SSSR count). The summed E-state index contributed by atoms with van der Waals surface area (Å²) in [6.07, 6.45) is 0. The molecular formula is C17H22N2O. The van der Waals surface area contributed by atoms with Crippen LogP contribution < -0.4 is 5.01 Å². The van der Waals surface area contributed by atoms with Gasteiger partial charge in [0.2, 0.25) is 5.91 Å². The first-order chi connectivity index (χ1) is 9.60. The third-order valence-electron chi connectivity index (χ3n) is 3.63. The molecule has 20 heavy (non-hydrogen) atoms. The number of amides is 1. The largest absolute Gasteiger partial charge is 0.273 e. The second-order valence-electron chi connectivity index (χ2n) is 4.92. The van der Waals surface area contributed by atoms with Crippen LogP contribution in [-0.4, -0.2) is 24.0 Å². The molecule has 0 spiro atoms. The number of aryl methyl sites for hydroxylation is 1. The van der Waals surface area contributed by atoms with E-state index in [-0.39, 0.29) is 5.91 Å². The van der Waals surface area contributed by atoms with Gasteiger partial charge in [-0.3, -0.25) is 4.79 Å². The van der Waals surface area contributed by atoms with Crippen molar-refractivity contribution in [2.75, 3.05) is 18.1 Å². The van der Waals surface area contributed by atoms with Gasteiger partial charge in [-0.05, 0) is 17.9 Å². The fourth-order valence-electron chi connectivity index (χ4n) is 2.65. The predicted octanol–water partition coefficient (Wildman–Crippen LogP) is 3.76. The summed E-state index contributed by atoms with van der Waals surface area (Å²) in [5.41, 5.74) is 2.12. The number of hydrazine groups is 1. The molecule has 0 atom stereocenters. The lowest BCUT2D eigenvalue weighted by atomic mass is 10.0. The van der Waals surface area contributed by atoms with Crippen molar-refractivity contribution in [2.45, 2.75) is 27.7 Å². The predicted molar refractivity (Wildman–Crippen MR) is 84.8 cm³/mol. The van der Waals surface area contributed by atoms with Crippen LogP contribution in [-0.2, 0) is 4.79 Å². The Hall–Kier alpha value is -1.87. The number of fused-ring (bicyclic) bond motifs is 1. The summed E-state index contributed by atoms with van der Waals surface area (Å²) in [6, 6.07) is 12.4. The molecule has 0 aromatic heterocycles. The van der Waals surface area contributed by atoms with Gasteiger partial charge in [-0.1, -0.05) is 50.2 Å². The van der Waals surface area contributed by atoms with Gasteiger partial charge in [-0.25, -0.2) is 10.0 Å². The van der Waals surface area contributed by atoms with Crippen molar-refractivity contribution in [1.29, 1.82) is 0 Å².